The van der Waals surface area contributed by atoms with E-state index in [1.807, 2.05) is 26.0 Å². The lowest BCUT2D eigenvalue weighted by atomic mass is 10.1. The largest absolute Gasteiger partial charge is 0.412 e. The summed E-state index contributed by atoms with van der Waals surface area (Å²) in [6.45, 7) is 7.46. The Morgan fingerprint density at radius 1 is 1.37 bits per heavy atom. The predicted octanol–water partition coefficient (Wildman–Crippen LogP) is 3.13. The summed E-state index contributed by atoms with van der Waals surface area (Å²) in [7, 11) is 1.48. The predicted molar refractivity (Wildman–Crippen MR) is 128 cm³/mol. The van der Waals surface area contributed by atoms with Crippen molar-refractivity contribution >= 4 is 54.8 Å². The Kier molecular flexibility index (Phi) is 9.80. The number of nitrogens with one attached hydrogen (secondary N) is 5. The van der Waals surface area contributed by atoms with Crippen molar-refractivity contribution < 1.29 is 4.79 Å². The minimum Gasteiger partial charge on any atom is -0.410 e. The molecule has 1 heterocycles. The number of unbranched alkanes of at least 4 members (excludes halogenated alkanes) is 1. The van der Waals surface area contributed by atoms with Crippen LogP contribution < -0.4 is 26.5 Å². The van der Waals surface area contributed by atoms with Crippen molar-refractivity contribution in [1.29, 1.82) is 0 Å². The molecule has 0 aliphatic carbocycles. The topological polar surface area (TPSA) is 102 Å². The van der Waals surface area contributed by atoms with E-state index in [0.29, 0.717) is 18.0 Å². The molecule has 1 aliphatic rings. The fourth-order valence-corrected chi connectivity index (χ4v) is 2.87. The molecule has 5 N–H and O–H groups in total. The molecule has 1 radical (unpaired) electrons. The van der Waals surface area contributed by atoms with Crippen LogP contribution in [0.2, 0.25) is 0 Å². The van der Waals surface area contributed by atoms with Gasteiger partial charge in [-0.1, -0.05) is 24.9 Å². The molecule has 0 bridgehead atoms. The van der Waals surface area contributed by atoms with Crippen LogP contribution in [-0.2, 0) is 4.79 Å². The third kappa shape index (κ3) is 7.48. The SMILES string of the molecule is CC=Nc1cc(C)c(NC(=N[B]NC2=CNCC(Cl)=C2)NC=O)cc1NCCCC. The number of anilines is 2. The van der Waals surface area contributed by atoms with E-state index in [-0.39, 0.29) is 5.96 Å². The Labute approximate surface area is 183 Å². The van der Waals surface area contributed by atoms with Crippen molar-refractivity contribution in [3.8, 4) is 0 Å². The van der Waals surface area contributed by atoms with E-state index in [1.165, 1.54) is 7.55 Å². The molecule has 0 atom stereocenters. The number of dihydropyridines is 1. The maximum Gasteiger partial charge on any atom is 0.412 e. The van der Waals surface area contributed by atoms with Gasteiger partial charge in [0.25, 0.3) is 0 Å². The van der Waals surface area contributed by atoms with Crippen molar-refractivity contribution in [1.82, 2.24) is 15.9 Å². The summed E-state index contributed by atoms with van der Waals surface area (Å²) in [4.78, 5) is 19.8. The fraction of sp³-hybridized carbons (Fsp3) is 0.350. The molecule has 1 amide bonds. The summed E-state index contributed by atoms with van der Waals surface area (Å²) < 4.78 is 0. The summed E-state index contributed by atoms with van der Waals surface area (Å²) in [5.41, 5.74) is 4.33. The van der Waals surface area contributed by atoms with Gasteiger partial charge in [0.1, 0.15) is 0 Å². The van der Waals surface area contributed by atoms with Gasteiger partial charge in [0.05, 0.1) is 17.9 Å². The second-order valence-electron chi connectivity index (χ2n) is 6.56. The molecule has 1 aromatic rings. The summed E-state index contributed by atoms with van der Waals surface area (Å²) in [6.07, 6.45) is 8.10. The van der Waals surface area contributed by atoms with Crippen molar-refractivity contribution in [2.24, 2.45) is 9.90 Å². The van der Waals surface area contributed by atoms with E-state index < -0.39 is 0 Å². The Balaban J connectivity index is 2.15. The summed E-state index contributed by atoms with van der Waals surface area (Å²) in [5.74, 6) is 0.284. The molecule has 0 spiro atoms. The van der Waals surface area contributed by atoms with Crippen molar-refractivity contribution in [3.63, 3.8) is 0 Å². The lowest BCUT2D eigenvalue weighted by Crippen LogP contribution is -2.32. The highest BCUT2D eigenvalue weighted by atomic mass is 35.5. The smallest absolute Gasteiger partial charge is 0.410 e. The summed E-state index contributed by atoms with van der Waals surface area (Å²) >= 11 is 6.00. The number of aliphatic imine (C=N–C) groups is 1. The van der Waals surface area contributed by atoms with Crippen molar-refractivity contribution in [3.05, 3.63) is 40.7 Å². The molecule has 0 aromatic heterocycles. The second kappa shape index (κ2) is 12.6. The number of benzene rings is 1. The Morgan fingerprint density at radius 2 is 2.20 bits per heavy atom. The first kappa shape index (κ1) is 23.3. The third-order valence-electron chi connectivity index (χ3n) is 4.17. The molecule has 8 nitrogen and oxygen atoms in total. The number of allylic oxidation sites excluding steroid dienone is 1. The average molecular weight is 429 g/mol. The number of guanidine groups is 1. The molecular formula is C20H28BClN7O. The van der Waals surface area contributed by atoms with Gasteiger partial charge in [0.15, 0.2) is 5.96 Å². The highest BCUT2D eigenvalue weighted by Crippen LogP contribution is 2.31. The number of amides is 1. The molecule has 1 aromatic carbocycles. The van der Waals surface area contributed by atoms with Gasteiger partial charge in [0, 0.05) is 35.4 Å². The van der Waals surface area contributed by atoms with Crippen molar-refractivity contribution in [2.45, 2.75) is 33.6 Å². The number of halogens is 1. The monoisotopic (exact) mass is 428 g/mol. The van der Waals surface area contributed by atoms with Gasteiger partial charge in [0.2, 0.25) is 6.41 Å². The van der Waals surface area contributed by atoms with Crippen LogP contribution in [0.3, 0.4) is 0 Å². The number of carbonyl (C=O) groups is 1. The minimum absolute atomic E-state index is 0.284. The first-order valence-corrected chi connectivity index (χ1v) is 10.2. The van der Waals surface area contributed by atoms with Crippen molar-refractivity contribution in [2.75, 3.05) is 23.7 Å². The molecule has 0 fully saturated rings. The van der Waals surface area contributed by atoms with E-state index in [4.69, 9.17) is 11.6 Å². The van der Waals surface area contributed by atoms with Crippen LogP contribution in [0.4, 0.5) is 17.1 Å². The first-order chi connectivity index (χ1) is 14.6. The lowest BCUT2D eigenvalue weighted by Gasteiger charge is -2.16. The van der Waals surface area contributed by atoms with E-state index in [9.17, 15) is 4.79 Å². The molecule has 0 saturated heterocycles. The van der Waals surface area contributed by atoms with Gasteiger partial charge in [-0.3, -0.25) is 14.7 Å². The summed E-state index contributed by atoms with van der Waals surface area (Å²) in [5, 5.41) is 15.9. The Hall–Kier alpha value is -2.94. The molecule has 159 valence electrons. The molecule has 2 rings (SSSR count). The number of hydrogen-bond acceptors (Lipinski definition) is 6. The normalized spacial score (nSPS) is 13.8. The molecule has 0 unspecified atom stereocenters. The zero-order chi connectivity index (χ0) is 21.8. The van der Waals surface area contributed by atoms with Crippen LogP contribution in [0.15, 0.2) is 45.0 Å². The molecule has 0 saturated carbocycles. The van der Waals surface area contributed by atoms with E-state index in [1.54, 1.807) is 18.5 Å². The fourth-order valence-electron chi connectivity index (χ4n) is 2.68. The lowest BCUT2D eigenvalue weighted by molar-refractivity contribution is -0.108. The van der Waals surface area contributed by atoms with Crippen LogP contribution in [0.25, 0.3) is 0 Å². The Bertz CT molecular complexity index is 852. The van der Waals surface area contributed by atoms with E-state index >= 15 is 0 Å². The van der Waals surface area contributed by atoms with Crippen LogP contribution in [0, 0.1) is 6.92 Å². The number of aryl methyl sites for hydroxylation is 1. The minimum atomic E-state index is 0.284. The second-order valence-corrected chi connectivity index (χ2v) is 7.05. The van der Waals surface area contributed by atoms with Gasteiger partial charge in [-0.2, -0.15) is 0 Å². The molecular weight excluding hydrogens is 401 g/mol. The average Bonchev–Trinajstić information content (AvgIpc) is 2.71. The Morgan fingerprint density at radius 3 is 2.90 bits per heavy atom. The van der Waals surface area contributed by atoms with Crippen LogP contribution >= 0.6 is 11.6 Å². The highest BCUT2D eigenvalue weighted by molar-refractivity contribution is 6.35. The van der Waals surface area contributed by atoms with E-state index in [2.05, 4.69) is 43.3 Å². The number of rotatable bonds is 10. The number of hydrogen-bond donors (Lipinski definition) is 5. The summed E-state index contributed by atoms with van der Waals surface area (Å²) in [6, 6.07) is 3.96. The zero-order valence-corrected chi connectivity index (χ0v) is 18.3. The van der Waals surface area contributed by atoms with Gasteiger partial charge in [-0.25, -0.2) is 0 Å². The van der Waals surface area contributed by atoms with Gasteiger partial charge in [-0.05, 0) is 44.0 Å². The molecule has 30 heavy (non-hydrogen) atoms. The van der Waals surface area contributed by atoms with E-state index in [0.717, 1.165) is 47.7 Å². The standard InChI is InChI=1S/C20H28BClN7O/c1-4-6-7-25-19-10-17(14(3)8-18(19)24-5-2)27-20(26-13-30)29-21-28-16-9-15(22)11-23-12-16/h5,8-10,12-13,23,25,28H,4,6-7,11H2,1-3H3,(H2,26,27,29,30). The third-order valence-corrected chi connectivity index (χ3v) is 4.41. The zero-order valence-electron chi connectivity index (χ0n) is 17.6. The molecule has 10 heteroatoms. The van der Waals surface area contributed by atoms with Gasteiger partial charge in [-0.15, -0.1) is 0 Å². The van der Waals surface area contributed by atoms with Gasteiger partial charge >= 0.3 is 7.55 Å². The van der Waals surface area contributed by atoms with Crippen LogP contribution in [0.1, 0.15) is 32.3 Å². The maximum atomic E-state index is 11.0. The number of nitrogens with zero attached hydrogens (tertiary/aromatic N) is 2. The molecule has 1 aliphatic heterocycles. The number of carbonyl (C=O) groups excluding carboxylic acids is 1. The highest BCUT2D eigenvalue weighted by Gasteiger charge is 2.09. The first-order valence-electron chi connectivity index (χ1n) is 9.87. The van der Waals surface area contributed by atoms with Gasteiger partial charge < -0.3 is 26.5 Å². The van der Waals surface area contributed by atoms with Crippen LogP contribution in [-0.4, -0.2) is 39.2 Å². The maximum absolute atomic E-state index is 11.0. The quantitative estimate of drug-likeness (QED) is 0.130. The van der Waals surface area contributed by atoms with Crippen LogP contribution in [0.5, 0.6) is 0 Å².